The van der Waals surface area contributed by atoms with Gasteiger partial charge in [-0.1, -0.05) is 91.0 Å². The molecule has 0 saturated heterocycles. The number of hydrogen-bond acceptors (Lipinski definition) is 4. The molecule has 0 radical (unpaired) electrons. The summed E-state index contributed by atoms with van der Waals surface area (Å²) < 4.78 is 12.4. The van der Waals surface area contributed by atoms with Crippen LogP contribution in [0.1, 0.15) is 0 Å². The van der Waals surface area contributed by atoms with Gasteiger partial charge in [0.05, 0.1) is 29.6 Å². The Morgan fingerprint density at radius 2 is 1.28 bits per heavy atom. The highest BCUT2D eigenvalue weighted by molar-refractivity contribution is 6.16. The predicted octanol–water partition coefficient (Wildman–Crippen LogP) is 11.0. The highest BCUT2D eigenvalue weighted by Crippen LogP contribution is 2.55. The second-order valence-electron chi connectivity index (χ2n) is 10.8. The van der Waals surface area contributed by atoms with Gasteiger partial charge in [0.2, 0.25) is 0 Å². The van der Waals surface area contributed by atoms with Crippen molar-refractivity contribution >= 4 is 39.1 Å². The molecule has 43 heavy (non-hydrogen) atoms. The van der Waals surface area contributed by atoms with Gasteiger partial charge in [-0.25, -0.2) is 4.98 Å². The number of furan rings is 2. The maximum absolute atomic E-state index is 6.50. The Labute approximate surface area is 248 Å². The first-order valence-electron chi connectivity index (χ1n) is 14.4. The number of anilines is 3. The minimum Gasteiger partial charge on any atom is -0.464 e. The minimum absolute atomic E-state index is 0.819. The molecule has 0 fully saturated rings. The van der Waals surface area contributed by atoms with Crippen molar-refractivity contribution in [1.29, 1.82) is 0 Å². The van der Waals surface area contributed by atoms with Gasteiger partial charge in [-0.3, -0.25) is 4.90 Å². The van der Waals surface area contributed by atoms with Crippen LogP contribution >= 0.6 is 0 Å². The second kappa shape index (κ2) is 9.33. The largest absolute Gasteiger partial charge is 0.464 e. The van der Waals surface area contributed by atoms with Gasteiger partial charge in [0.25, 0.3) is 0 Å². The molecule has 0 aliphatic carbocycles. The van der Waals surface area contributed by atoms with Gasteiger partial charge >= 0.3 is 0 Å². The number of pyridine rings is 1. The summed E-state index contributed by atoms with van der Waals surface area (Å²) in [7, 11) is 0. The number of benzene rings is 5. The Morgan fingerprint density at radius 3 is 2.12 bits per heavy atom. The maximum Gasteiger partial charge on any atom is 0.144 e. The van der Waals surface area contributed by atoms with Crippen molar-refractivity contribution in [2.75, 3.05) is 4.90 Å². The molecule has 0 spiro atoms. The zero-order chi connectivity index (χ0) is 28.3. The molecule has 202 valence electrons. The second-order valence-corrected chi connectivity index (χ2v) is 10.8. The molecule has 4 heterocycles. The van der Waals surface area contributed by atoms with Crippen molar-refractivity contribution in [2.45, 2.75) is 0 Å². The van der Waals surface area contributed by atoms with Crippen LogP contribution in [-0.2, 0) is 0 Å². The van der Waals surface area contributed by atoms with Crippen LogP contribution in [0.2, 0.25) is 0 Å². The highest BCUT2D eigenvalue weighted by Gasteiger charge is 2.31. The number of hydrogen-bond donors (Lipinski definition) is 0. The first-order valence-corrected chi connectivity index (χ1v) is 14.4. The van der Waals surface area contributed by atoms with Crippen molar-refractivity contribution in [3.05, 3.63) is 146 Å². The van der Waals surface area contributed by atoms with Crippen LogP contribution in [0.25, 0.3) is 66.6 Å². The van der Waals surface area contributed by atoms with Crippen molar-refractivity contribution in [3.63, 3.8) is 0 Å². The molecule has 0 N–H and O–H groups in total. The fraction of sp³-hybridized carbons (Fsp3) is 0. The van der Waals surface area contributed by atoms with Crippen LogP contribution in [-0.4, -0.2) is 4.98 Å². The quantitative estimate of drug-likeness (QED) is 0.219. The molecule has 0 atom stereocenters. The van der Waals surface area contributed by atoms with Crippen molar-refractivity contribution in [2.24, 2.45) is 0 Å². The van der Waals surface area contributed by atoms with E-state index >= 15 is 0 Å². The van der Waals surface area contributed by atoms with E-state index in [1.807, 2.05) is 30.5 Å². The van der Waals surface area contributed by atoms with Crippen molar-refractivity contribution in [3.8, 4) is 44.6 Å². The summed E-state index contributed by atoms with van der Waals surface area (Å²) in [6.45, 7) is 0. The maximum atomic E-state index is 6.50. The molecule has 0 saturated carbocycles. The molecule has 0 bridgehead atoms. The molecule has 4 nitrogen and oxygen atoms in total. The lowest BCUT2D eigenvalue weighted by Gasteiger charge is -2.27. The van der Waals surface area contributed by atoms with E-state index in [1.54, 1.807) is 6.26 Å². The Bertz CT molecular complexity index is 2300. The molecule has 0 unspecified atom stereocenters. The molecule has 1 aliphatic rings. The summed E-state index contributed by atoms with van der Waals surface area (Å²) >= 11 is 0. The van der Waals surface area contributed by atoms with Gasteiger partial charge in [0.1, 0.15) is 17.0 Å². The topological polar surface area (TPSA) is 42.4 Å². The molecule has 0 amide bonds. The first-order chi connectivity index (χ1) is 21.3. The van der Waals surface area contributed by atoms with Gasteiger partial charge in [0, 0.05) is 33.0 Å². The summed E-state index contributed by atoms with van der Waals surface area (Å²) in [5.74, 6) is 0.819. The molecule has 3 aromatic heterocycles. The lowest BCUT2D eigenvalue weighted by molar-refractivity contribution is 0.616. The lowest BCUT2D eigenvalue weighted by Crippen LogP contribution is -2.13. The number of aromatic nitrogens is 1. The Balaban J connectivity index is 1.40. The molecule has 9 rings (SSSR count). The number of rotatable bonds is 3. The minimum atomic E-state index is 0.819. The van der Waals surface area contributed by atoms with E-state index in [0.29, 0.717) is 0 Å². The van der Waals surface area contributed by atoms with Crippen LogP contribution in [0.3, 0.4) is 0 Å². The smallest absolute Gasteiger partial charge is 0.144 e. The van der Waals surface area contributed by atoms with E-state index in [-0.39, 0.29) is 0 Å². The van der Waals surface area contributed by atoms with Gasteiger partial charge < -0.3 is 8.83 Å². The van der Waals surface area contributed by atoms with Crippen LogP contribution < -0.4 is 4.90 Å². The third-order valence-electron chi connectivity index (χ3n) is 8.40. The summed E-state index contributed by atoms with van der Waals surface area (Å²) in [6.07, 6.45) is 3.64. The average Bonchev–Trinajstić information content (AvgIpc) is 3.71. The van der Waals surface area contributed by atoms with Gasteiger partial charge in [-0.2, -0.15) is 0 Å². The van der Waals surface area contributed by atoms with E-state index in [4.69, 9.17) is 13.8 Å². The fourth-order valence-electron chi connectivity index (χ4n) is 6.47. The van der Waals surface area contributed by atoms with Crippen molar-refractivity contribution < 1.29 is 8.83 Å². The van der Waals surface area contributed by atoms with E-state index < -0.39 is 0 Å². The Hall–Kier alpha value is -5.87. The summed E-state index contributed by atoms with van der Waals surface area (Å²) in [5.41, 5.74) is 12.3. The highest BCUT2D eigenvalue weighted by atomic mass is 16.3. The van der Waals surface area contributed by atoms with Gasteiger partial charge in [-0.05, 0) is 59.2 Å². The van der Waals surface area contributed by atoms with Crippen molar-refractivity contribution in [1.82, 2.24) is 4.98 Å². The molecule has 1 aliphatic heterocycles. The number of nitrogens with zero attached hydrogens (tertiary/aromatic N) is 2. The van der Waals surface area contributed by atoms with E-state index in [2.05, 4.69) is 114 Å². The molecule has 8 aromatic rings. The van der Waals surface area contributed by atoms with E-state index in [1.165, 1.54) is 0 Å². The molecular formula is C39H24N2O2. The standard InChI is InChI=1S/C39H24N2O2/c1-3-10-25(11-4-1)32-24-43-39-30(32)18-20-34-37(39)28-15-8-7-14-27(28)29-19-21-35-31(22-23-42-35)38(29)41(34)36-17-9-16-33(40-36)26-12-5-2-6-13-26/h1-24H. The van der Waals surface area contributed by atoms with E-state index in [0.717, 1.165) is 83.8 Å². The summed E-state index contributed by atoms with van der Waals surface area (Å²) in [4.78, 5) is 7.53. The normalized spacial score (nSPS) is 12.1. The van der Waals surface area contributed by atoms with Gasteiger partial charge in [0.15, 0.2) is 0 Å². The average molecular weight is 553 g/mol. The predicted molar refractivity (Wildman–Crippen MR) is 174 cm³/mol. The number of fused-ring (bicyclic) bond motifs is 9. The SMILES string of the molecule is c1ccc(-c2cccc(N3c4ccc5c(-c6ccccc6)coc5c4-c4ccccc4-c4ccc5occc5c43)n2)cc1. The van der Waals surface area contributed by atoms with E-state index in [9.17, 15) is 0 Å². The third-order valence-corrected chi connectivity index (χ3v) is 8.40. The van der Waals surface area contributed by atoms with Crippen LogP contribution in [0, 0.1) is 0 Å². The molecule has 5 aromatic carbocycles. The van der Waals surface area contributed by atoms with Crippen LogP contribution in [0.5, 0.6) is 0 Å². The lowest BCUT2D eigenvalue weighted by atomic mass is 9.92. The molecule has 4 heteroatoms. The first kappa shape index (κ1) is 23.8. The Morgan fingerprint density at radius 1 is 0.512 bits per heavy atom. The monoisotopic (exact) mass is 552 g/mol. The third kappa shape index (κ3) is 3.60. The summed E-state index contributed by atoms with van der Waals surface area (Å²) in [6, 6.07) is 46.2. The van der Waals surface area contributed by atoms with Gasteiger partial charge in [-0.15, -0.1) is 0 Å². The van der Waals surface area contributed by atoms with Crippen LogP contribution in [0.4, 0.5) is 17.2 Å². The van der Waals surface area contributed by atoms with Crippen LogP contribution in [0.15, 0.2) is 155 Å². The zero-order valence-corrected chi connectivity index (χ0v) is 23.1. The summed E-state index contributed by atoms with van der Waals surface area (Å²) in [5, 5.41) is 2.10. The molecular weight excluding hydrogens is 528 g/mol. The fourth-order valence-corrected chi connectivity index (χ4v) is 6.47. The zero-order valence-electron chi connectivity index (χ0n) is 23.1. The Kier molecular flexibility index (Phi) is 5.16.